The summed E-state index contributed by atoms with van der Waals surface area (Å²) in [6.07, 6.45) is 1.72. The molecule has 1 aromatic rings. The molecule has 1 amide bonds. The summed E-state index contributed by atoms with van der Waals surface area (Å²) in [4.78, 5) is 17.6. The fourth-order valence-electron chi connectivity index (χ4n) is 2.33. The molecule has 1 fully saturated rings. The number of rotatable bonds is 4. The largest absolute Gasteiger partial charge is 0.481 e. The number of nitrogens with zero attached hydrogens (tertiary/aromatic N) is 2. The standard InChI is InChI=1S/C12H15ClN2O4S/c1-8-3-10(5-14-12(8)19-2)15-6-9(4-11(15)16)7-20(13,17)18/h3,5,9H,4,6-7H2,1-2H3. The minimum Gasteiger partial charge on any atom is -0.481 e. The molecule has 1 saturated heterocycles. The maximum absolute atomic E-state index is 12.0. The number of anilines is 1. The molecule has 0 radical (unpaired) electrons. The summed E-state index contributed by atoms with van der Waals surface area (Å²) >= 11 is 0. The lowest BCUT2D eigenvalue weighted by Crippen LogP contribution is -2.25. The maximum Gasteiger partial charge on any atom is 0.232 e. The molecule has 1 atom stereocenters. The van der Waals surface area contributed by atoms with Gasteiger partial charge < -0.3 is 9.64 Å². The van der Waals surface area contributed by atoms with Crippen molar-refractivity contribution >= 4 is 31.3 Å². The van der Waals surface area contributed by atoms with Crippen molar-refractivity contribution in [3.05, 3.63) is 17.8 Å². The molecule has 8 heteroatoms. The summed E-state index contributed by atoms with van der Waals surface area (Å²) < 4.78 is 27.2. The third-order valence-electron chi connectivity index (χ3n) is 3.16. The van der Waals surface area contributed by atoms with Crippen molar-refractivity contribution in [1.82, 2.24) is 4.98 Å². The molecule has 20 heavy (non-hydrogen) atoms. The summed E-state index contributed by atoms with van der Waals surface area (Å²) in [7, 11) is 3.16. The average molecular weight is 319 g/mol. The molecule has 6 nitrogen and oxygen atoms in total. The summed E-state index contributed by atoms with van der Waals surface area (Å²) in [6.45, 7) is 2.16. The fraction of sp³-hybridized carbons (Fsp3) is 0.500. The van der Waals surface area contributed by atoms with Gasteiger partial charge in [0.15, 0.2) is 0 Å². The Kier molecular flexibility index (Phi) is 4.19. The lowest BCUT2D eigenvalue weighted by atomic mass is 10.1. The van der Waals surface area contributed by atoms with E-state index in [4.69, 9.17) is 15.4 Å². The monoisotopic (exact) mass is 318 g/mol. The van der Waals surface area contributed by atoms with Gasteiger partial charge in [-0.15, -0.1) is 0 Å². The van der Waals surface area contributed by atoms with Gasteiger partial charge in [-0.25, -0.2) is 13.4 Å². The highest BCUT2D eigenvalue weighted by Gasteiger charge is 2.33. The molecule has 2 rings (SSSR count). The van der Waals surface area contributed by atoms with Gasteiger partial charge in [0.25, 0.3) is 0 Å². The number of hydrogen-bond donors (Lipinski definition) is 0. The van der Waals surface area contributed by atoms with E-state index in [0.29, 0.717) is 18.1 Å². The molecule has 1 aliphatic rings. The predicted octanol–water partition coefficient (Wildman–Crippen LogP) is 1.32. The molecule has 2 heterocycles. The lowest BCUT2D eigenvalue weighted by molar-refractivity contribution is -0.117. The molecule has 0 aromatic carbocycles. The quantitative estimate of drug-likeness (QED) is 0.783. The summed E-state index contributed by atoms with van der Waals surface area (Å²) in [5, 5.41) is 0. The van der Waals surface area contributed by atoms with E-state index in [0.717, 1.165) is 5.56 Å². The van der Waals surface area contributed by atoms with Crippen LogP contribution in [-0.2, 0) is 13.8 Å². The van der Waals surface area contributed by atoms with Crippen molar-refractivity contribution in [1.29, 1.82) is 0 Å². The number of pyridine rings is 1. The molecule has 1 aromatic heterocycles. The molecule has 110 valence electrons. The third kappa shape index (κ3) is 3.40. The number of methoxy groups -OCH3 is 1. The Bertz CT molecular complexity index is 632. The Morgan fingerprint density at radius 1 is 1.55 bits per heavy atom. The van der Waals surface area contributed by atoms with Gasteiger partial charge >= 0.3 is 0 Å². The van der Waals surface area contributed by atoms with E-state index in [1.165, 1.54) is 12.0 Å². The Morgan fingerprint density at radius 2 is 2.25 bits per heavy atom. The van der Waals surface area contributed by atoms with E-state index in [9.17, 15) is 13.2 Å². The van der Waals surface area contributed by atoms with Crippen molar-refractivity contribution in [2.75, 3.05) is 24.3 Å². The molecular weight excluding hydrogens is 304 g/mol. The van der Waals surface area contributed by atoms with Crippen LogP contribution in [0.3, 0.4) is 0 Å². The van der Waals surface area contributed by atoms with E-state index in [1.54, 1.807) is 12.3 Å². The molecule has 0 bridgehead atoms. The topological polar surface area (TPSA) is 76.6 Å². The van der Waals surface area contributed by atoms with E-state index in [2.05, 4.69) is 4.98 Å². The Balaban J connectivity index is 2.18. The molecular formula is C12H15ClN2O4S. The molecule has 0 aliphatic carbocycles. The highest BCUT2D eigenvalue weighted by Crippen LogP contribution is 2.28. The molecule has 0 spiro atoms. The van der Waals surface area contributed by atoms with Gasteiger partial charge in [0.2, 0.25) is 20.8 Å². The number of ether oxygens (including phenoxy) is 1. The van der Waals surface area contributed by atoms with Crippen LogP contribution in [0.15, 0.2) is 12.3 Å². The number of hydrogen-bond acceptors (Lipinski definition) is 5. The highest BCUT2D eigenvalue weighted by molar-refractivity contribution is 8.13. The van der Waals surface area contributed by atoms with E-state index in [1.807, 2.05) is 6.92 Å². The van der Waals surface area contributed by atoms with Crippen molar-refractivity contribution < 1.29 is 17.9 Å². The first kappa shape index (κ1) is 15.1. The number of carbonyl (C=O) groups excluding carboxylic acids is 1. The van der Waals surface area contributed by atoms with Crippen molar-refractivity contribution in [3.63, 3.8) is 0 Å². The van der Waals surface area contributed by atoms with Gasteiger partial charge in [-0.1, -0.05) is 0 Å². The Morgan fingerprint density at radius 3 is 2.80 bits per heavy atom. The van der Waals surface area contributed by atoms with Crippen molar-refractivity contribution in [2.45, 2.75) is 13.3 Å². The molecule has 0 N–H and O–H groups in total. The number of amides is 1. The normalized spacial score (nSPS) is 19.4. The Hall–Kier alpha value is -1.34. The van der Waals surface area contributed by atoms with Crippen molar-refractivity contribution in [3.8, 4) is 5.88 Å². The lowest BCUT2D eigenvalue weighted by Gasteiger charge is -2.17. The van der Waals surface area contributed by atoms with E-state index >= 15 is 0 Å². The zero-order valence-electron chi connectivity index (χ0n) is 11.2. The van der Waals surface area contributed by atoms with Crippen LogP contribution in [0.5, 0.6) is 5.88 Å². The van der Waals surface area contributed by atoms with Gasteiger partial charge in [0, 0.05) is 35.1 Å². The number of carbonyl (C=O) groups is 1. The second kappa shape index (κ2) is 5.57. The molecule has 1 unspecified atom stereocenters. The van der Waals surface area contributed by atoms with E-state index < -0.39 is 9.05 Å². The van der Waals surface area contributed by atoms with Crippen LogP contribution in [-0.4, -0.2) is 38.7 Å². The van der Waals surface area contributed by atoms with Crippen LogP contribution in [0.1, 0.15) is 12.0 Å². The fourth-order valence-corrected chi connectivity index (χ4v) is 3.65. The second-order valence-corrected chi connectivity index (χ2v) is 7.62. The number of halogens is 1. The average Bonchev–Trinajstić information content (AvgIpc) is 2.67. The van der Waals surface area contributed by atoms with Crippen LogP contribution in [0.2, 0.25) is 0 Å². The third-order valence-corrected chi connectivity index (χ3v) is 4.41. The summed E-state index contributed by atoms with van der Waals surface area (Å²) in [5.41, 5.74) is 1.45. The first-order valence-corrected chi connectivity index (χ1v) is 8.51. The zero-order chi connectivity index (χ0) is 14.9. The number of aromatic nitrogens is 1. The predicted molar refractivity (Wildman–Crippen MR) is 75.6 cm³/mol. The van der Waals surface area contributed by atoms with Crippen molar-refractivity contribution in [2.24, 2.45) is 5.92 Å². The molecule has 1 aliphatic heterocycles. The van der Waals surface area contributed by atoms with Crippen LogP contribution in [0.25, 0.3) is 0 Å². The van der Waals surface area contributed by atoms with Gasteiger partial charge in [-0.2, -0.15) is 0 Å². The number of aryl methyl sites for hydroxylation is 1. The Labute approximate surface area is 122 Å². The second-order valence-electron chi connectivity index (χ2n) is 4.80. The summed E-state index contributed by atoms with van der Waals surface area (Å²) in [6, 6.07) is 1.79. The first-order chi connectivity index (χ1) is 9.30. The smallest absolute Gasteiger partial charge is 0.232 e. The van der Waals surface area contributed by atoms with Crippen LogP contribution >= 0.6 is 10.7 Å². The SMILES string of the molecule is COc1ncc(N2CC(CS(=O)(=O)Cl)CC2=O)cc1C. The summed E-state index contributed by atoms with van der Waals surface area (Å²) in [5.74, 6) is -0.103. The van der Waals surface area contributed by atoms with E-state index in [-0.39, 0.29) is 24.0 Å². The zero-order valence-corrected chi connectivity index (χ0v) is 12.7. The van der Waals surface area contributed by atoms with Crippen LogP contribution in [0, 0.1) is 12.8 Å². The van der Waals surface area contributed by atoms with Gasteiger partial charge in [0.1, 0.15) is 0 Å². The minimum absolute atomic E-state index is 0.123. The van der Waals surface area contributed by atoms with Crippen LogP contribution < -0.4 is 9.64 Å². The molecule has 0 saturated carbocycles. The van der Waals surface area contributed by atoms with Gasteiger partial charge in [-0.05, 0) is 13.0 Å². The van der Waals surface area contributed by atoms with Gasteiger partial charge in [-0.3, -0.25) is 4.79 Å². The highest BCUT2D eigenvalue weighted by atomic mass is 35.7. The first-order valence-electron chi connectivity index (χ1n) is 6.03. The minimum atomic E-state index is -3.60. The maximum atomic E-state index is 12.0. The van der Waals surface area contributed by atoms with Crippen LogP contribution in [0.4, 0.5) is 5.69 Å². The van der Waals surface area contributed by atoms with Gasteiger partial charge in [0.05, 0.1) is 24.7 Å².